The van der Waals surface area contributed by atoms with Crippen molar-refractivity contribution >= 4 is 11.6 Å². The summed E-state index contributed by atoms with van der Waals surface area (Å²) >= 11 is 0. The number of amides is 1. The third kappa shape index (κ3) is 2.89. The smallest absolute Gasteiger partial charge is 0.231 e. The van der Waals surface area contributed by atoms with Gasteiger partial charge in [-0.3, -0.25) is 4.79 Å². The van der Waals surface area contributed by atoms with Gasteiger partial charge in [0.25, 0.3) is 0 Å². The first-order chi connectivity index (χ1) is 9.06. The minimum Gasteiger partial charge on any atom is -0.494 e. The van der Waals surface area contributed by atoms with Crippen LogP contribution in [0.5, 0.6) is 5.75 Å². The Morgan fingerprint density at radius 1 is 1.47 bits per heavy atom. The largest absolute Gasteiger partial charge is 0.494 e. The third-order valence-electron chi connectivity index (χ3n) is 3.97. The van der Waals surface area contributed by atoms with E-state index >= 15 is 0 Å². The summed E-state index contributed by atoms with van der Waals surface area (Å²) in [6, 6.07) is 7.38. The van der Waals surface area contributed by atoms with Crippen LogP contribution in [0.4, 0.5) is 5.69 Å². The number of rotatable bonds is 4. The van der Waals surface area contributed by atoms with Gasteiger partial charge in [0.1, 0.15) is 5.75 Å². The zero-order chi connectivity index (χ0) is 13.9. The Hall–Kier alpha value is -1.55. The molecule has 2 unspecified atom stereocenters. The van der Waals surface area contributed by atoms with Gasteiger partial charge in [-0.1, -0.05) is 6.42 Å². The van der Waals surface area contributed by atoms with Crippen molar-refractivity contribution < 1.29 is 9.53 Å². The normalized spacial score (nSPS) is 26.2. The minimum atomic E-state index is -0.446. The van der Waals surface area contributed by atoms with Crippen molar-refractivity contribution in [3.63, 3.8) is 0 Å². The molecular formula is C15H22N2O2. The molecule has 4 nitrogen and oxygen atoms in total. The van der Waals surface area contributed by atoms with E-state index in [-0.39, 0.29) is 11.9 Å². The fraction of sp³-hybridized carbons (Fsp3) is 0.533. The molecule has 0 bridgehead atoms. The van der Waals surface area contributed by atoms with E-state index < -0.39 is 5.41 Å². The second kappa shape index (κ2) is 5.61. The van der Waals surface area contributed by atoms with Crippen LogP contribution < -0.4 is 15.8 Å². The molecule has 3 N–H and O–H groups in total. The highest BCUT2D eigenvalue weighted by molar-refractivity contribution is 5.95. The summed E-state index contributed by atoms with van der Waals surface area (Å²) in [5, 5.41) is 2.95. The predicted octanol–water partition coefficient (Wildman–Crippen LogP) is 2.54. The second-order valence-corrected chi connectivity index (χ2v) is 5.33. The van der Waals surface area contributed by atoms with Crippen LogP contribution in [0.1, 0.15) is 33.1 Å². The quantitative estimate of drug-likeness (QED) is 0.876. The monoisotopic (exact) mass is 262 g/mol. The summed E-state index contributed by atoms with van der Waals surface area (Å²) in [4.78, 5) is 12.3. The molecule has 0 aromatic heterocycles. The van der Waals surface area contributed by atoms with Crippen LogP contribution in [-0.4, -0.2) is 18.6 Å². The van der Waals surface area contributed by atoms with E-state index in [0.29, 0.717) is 6.61 Å². The second-order valence-electron chi connectivity index (χ2n) is 5.33. The Morgan fingerprint density at radius 2 is 2.16 bits per heavy atom. The van der Waals surface area contributed by atoms with E-state index in [1.165, 1.54) is 0 Å². The summed E-state index contributed by atoms with van der Waals surface area (Å²) < 4.78 is 5.37. The number of ether oxygens (including phenoxy) is 1. The Balaban J connectivity index is 2.02. The number of carbonyl (C=O) groups is 1. The zero-order valence-corrected chi connectivity index (χ0v) is 11.6. The van der Waals surface area contributed by atoms with Gasteiger partial charge in [-0.25, -0.2) is 0 Å². The van der Waals surface area contributed by atoms with Crippen molar-refractivity contribution in [3.05, 3.63) is 24.3 Å². The number of hydrogen-bond acceptors (Lipinski definition) is 3. The summed E-state index contributed by atoms with van der Waals surface area (Å²) in [6.45, 7) is 4.53. The van der Waals surface area contributed by atoms with Gasteiger partial charge in [-0.05, 0) is 51.0 Å². The molecule has 1 saturated carbocycles. The highest BCUT2D eigenvalue weighted by Gasteiger charge is 2.42. The lowest BCUT2D eigenvalue weighted by atomic mass is 9.84. The van der Waals surface area contributed by atoms with E-state index in [1.54, 1.807) is 0 Å². The molecule has 0 heterocycles. The first-order valence-electron chi connectivity index (χ1n) is 6.86. The van der Waals surface area contributed by atoms with E-state index in [1.807, 2.05) is 38.1 Å². The zero-order valence-electron chi connectivity index (χ0n) is 11.6. The fourth-order valence-corrected chi connectivity index (χ4v) is 2.55. The number of nitrogens with two attached hydrogens (primary N) is 1. The van der Waals surface area contributed by atoms with Crippen LogP contribution in [-0.2, 0) is 4.79 Å². The number of hydrogen-bond donors (Lipinski definition) is 2. The Labute approximate surface area is 114 Å². The van der Waals surface area contributed by atoms with Gasteiger partial charge in [0, 0.05) is 11.7 Å². The van der Waals surface area contributed by atoms with Gasteiger partial charge in [0.2, 0.25) is 5.91 Å². The van der Waals surface area contributed by atoms with Crippen molar-refractivity contribution in [1.82, 2.24) is 0 Å². The molecule has 0 spiro atoms. The van der Waals surface area contributed by atoms with Crippen LogP contribution in [0.3, 0.4) is 0 Å². The van der Waals surface area contributed by atoms with Crippen molar-refractivity contribution in [2.75, 3.05) is 11.9 Å². The maximum atomic E-state index is 12.3. The molecule has 1 aromatic rings. The molecule has 1 aromatic carbocycles. The SMILES string of the molecule is CCOc1ccc(NC(=O)C2(C)CCCC2N)cc1. The van der Waals surface area contributed by atoms with Gasteiger partial charge in [-0.15, -0.1) is 0 Å². The predicted molar refractivity (Wildman–Crippen MR) is 76.2 cm³/mol. The molecule has 0 saturated heterocycles. The molecule has 1 aliphatic carbocycles. The standard InChI is InChI=1S/C15H22N2O2/c1-3-19-12-8-6-11(7-9-12)17-14(18)15(2)10-4-5-13(15)16/h6-9,13H,3-5,10,16H2,1-2H3,(H,17,18). The molecular weight excluding hydrogens is 240 g/mol. The van der Waals surface area contributed by atoms with Gasteiger partial charge in [0.15, 0.2) is 0 Å². The molecule has 2 rings (SSSR count). The highest BCUT2D eigenvalue weighted by atomic mass is 16.5. The van der Waals surface area contributed by atoms with Crippen LogP contribution >= 0.6 is 0 Å². The maximum Gasteiger partial charge on any atom is 0.231 e. The molecule has 0 aliphatic heterocycles. The molecule has 104 valence electrons. The summed E-state index contributed by atoms with van der Waals surface area (Å²) in [7, 11) is 0. The molecule has 1 amide bonds. The third-order valence-corrected chi connectivity index (χ3v) is 3.97. The average Bonchev–Trinajstić information content (AvgIpc) is 2.74. The average molecular weight is 262 g/mol. The van der Waals surface area contributed by atoms with Crippen molar-refractivity contribution in [2.45, 2.75) is 39.2 Å². The lowest BCUT2D eigenvalue weighted by molar-refractivity contribution is -0.125. The van der Waals surface area contributed by atoms with E-state index in [9.17, 15) is 4.79 Å². The van der Waals surface area contributed by atoms with Crippen LogP contribution in [0.25, 0.3) is 0 Å². The summed E-state index contributed by atoms with van der Waals surface area (Å²) in [5.74, 6) is 0.825. The number of nitrogens with one attached hydrogen (secondary N) is 1. The minimum absolute atomic E-state index is 0.0154. The number of benzene rings is 1. The molecule has 1 fully saturated rings. The van der Waals surface area contributed by atoms with Crippen LogP contribution in [0, 0.1) is 5.41 Å². The van der Waals surface area contributed by atoms with Crippen molar-refractivity contribution in [3.8, 4) is 5.75 Å². The summed E-state index contributed by atoms with van der Waals surface area (Å²) in [6.07, 6.45) is 2.80. The van der Waals surface area contributed by atoms with Crippen LogP contribution in [0.2, 0.25) is 0 Å². The van der Waals surface area contributed by atoms with Gasteiger partial charge < -0.3 is 15.8 Å². The molecule has 0 radical (unpaired) electrons. The van der Waals surface area contributed by atoms with E-state index in [2.05, 4.69) is 5.32 Å². The number of carbonyl (C=O) groups excluding carboxylic acids is 1. The molecule has 19 heavy (non-hydrogen) atoms. The highest BCUT2D eigenvalue weighted by Crippen LogP contribution is 2.37. The van der Waals surface area contributed by atoms with Gasteiger partial charge in [0.05, 0.1) is 12.0 Å². The van der Waals surface area contributed by atoms with E-state index in [4.69, 9.17) is 10.5 Å². The molecule has 4 heteroatoms. The lowest BCUT2D eigenvalue weighted by Gasteiger charge is -2.27. The maximum absolute atomic E-state index is 12.3. The first kappa shape index (κ1) is 13.9. The number of anilines is 1. The van der Waals surface area contributed by atoms with Crippen molar-refractivity contribution in [1.29, 1.82) is 0 Å². The lowest BCUT2D eigenvalue weighted by Crippen LogP contribution is -2.44. The molecule has 1 aliphatic rings. The van der Waals surface area contributed by atoms with E-state index in [0.717, 1.165) is 30.7 Å². The topological polar surface area (TPSA) is 64.3 Å². The van der Waals surface area contributed by atoms with Crippen LogP contribution in [0.15, 0.2) is 24.3 Å². The Bertz CT molecular complexity index is 444. The Kier molecular flexibility index (Phi) is 4.10. The molecule has 2 atom stereocenters. The Morgan fingerprint density at radius 3 is 2.68 bits per heavy atom. The van der Waals surface area contributed by atoms with Gasteiger partial charge in [-0.2, -0.15) is 0 Å². The van der Waals surface area contributed by atoms with Gasteiger partial charge >= 0.3 is 0 Å². The first-order valence-corrected chi connectivity index (χ1v) is 6.86. The van der Waals surface area contributed by atoms with Crippen molar-refractivity contribution in [2.24, 2.45) is 11.1 Å². The fourth-order valence-electron chi connectivity index (χ4n) is 2.55. The summed E-state index contributed by atoms with van der Waals surface area (Å²) in [5.41, 5.74) is 6.39.